The van der Waals surface area contributed by atoms with Gasteiger partial charge in [-0.1, -0.05) is 0 Å². The Morgan fingerprint density at radius 1 is 0.821 bits per heavy atom. The van der Waals surface area contributed by atoms with Gasteiger partial charge in [0.15, 0.2) is 18.3 Å². The summed E-state index contributed by atoms with van der Waals surface area (Å²) in [4.78, 5) is 71.3. The fourth-order valence-corrected chi connectivity index (χ4v) is 3.21. The zero-order valence-electron chi connectivity index (χ0n) is 15.6. The van der Waals surface area contributed by atoms with Crippen molar-refractivity contribution in [3.63, 3.8) is 0 Å². The van der Waals surface area contributed by atoms with E-state index in [1.165, 1.54) is 0 Å². The molecular formula is C16H20N2O10. The van der Waals surface area contributed by atoms with E-state index in [0.717, 1.165) is 32.6 Å². The Bertz CT molecular complexity index is 720. The van der Waals surface area contributed by atoms with Gasteiger partial charge in [-0.3, -0.25) is 33.7 Å². The molecule has 28 heavy (non-hydrogen) atoms. The second kappa shape index (κ2) is 8.23. The van der Waals surface area contributed by atoms with Crippen molar-refractivity contribution in [1.29, 1.82) is 0 Å². The normalized spacial score (nSPS) is 28.7. The second-order valence-electron chi connectivity index (χ2n) is 6.22. The number of rotatable bonds is 5. The van der Waals surface area contributed by atoms with Crippen molar-refractivity contribution < 1.29 is 47.7 Å². The number of ether oxygens (including phenoxy) is 4. The minimum absolute atomic E-state index is 0.449. The van der Waals surface area contributed by atoms with Crippen LogP contribution >= 0.6 is 0 Å². The number of nitrogens with zero attached hydrogens (tertiary/aromatic N) is 1. The van der Waals surface area contributed by atoms with Crippen LogP contribution in [0.3, 0.4) is 0 Å². The highest BCUT2D eigenvalue weighted by atomic mass is 16.6. The van der Waals surface area contributed by atoms with E-state index in [9.17, 15) is 28.8 Å². The first-order valence-electron chi connectivity index (χ1n) is 8.31. The predicted molar refractivity (Wildman–Crippen MR) is 85.9 cm³/mol. The van der Waals surface area contributed by atoms with Crippen LogP contribution in [0.1, 0.15) is 27.7 Å². The number of nitrogens with one attached hydrogen (secondary N) is 1. The van der Waals surface area contributed by atoms with Gasteiger partial charge in [-0.05, 0) is 0 Å². The topological polar surface area (TPSA) is 155 Å². The highest BCUT2D eigenvalue weighted by Gasteiger charge is 2.60. The predicted octanol–water partition coefficient (Wildman–Crippen LogP) is -1.99. The maximum absolute atomic E-state index is 12.4. The summed E-state index contributed by atoms with van der Waals surface area (Å²) in [6, 6.07) is -1.17. The van der Waals surface area contributed by atoms with E-state index >= 15 is 0 Å². The minimum Gasteiger partial charge on any atom is -0.464 e. The number of carbonyl (C=O) groups is 6. The molecule has 2 saturated heterocycles. The van der Waals surface area contributed by atoms with Gasteiger partial charge in [-0.2, -0.15) is 0 Å². The van der Waals surface area contributed by atoms with E-state index in [1.807, 2.05) is 0 Å². The van der Waals surface area contributed by atoms with Crippen molar-refractivity contribution in [2.24, 2.45) is 0 Å². The van der Waals surface area contributed by atoms with E-state index < -0.39 is 72.8 Å². The molecule has 1 N–H and O–H groups in total. The first kappa shape index (κ1) is 21.1. The summed E-state index contributed by atoms with van der Waals surface area (Å²) < 4.78 is 20.6. The van der Waals surface area contributed by atoms with Crippen LogP contribution in [-0.2, 0) is 47.7 Å². The van der Waals surface area contributed by atoms with Crippen LogP contribution in [0.4, 0.5) is 0 Å². The Balaban J connectivity index is 2.53. The third-order valence-corrected chi connectivity index (χ3v) is 4.07. The van der Waals surface area contributed by atoms with Crippen LogP contribution in [0.5, 0.6) is 0 Å². The second-order valence-corrected chi connectivity index (χ2v) is 6.22. The molecule has 12 nitrogen and oxygen atoms in total. The van der Waals surface area contributed by atoms with Gasteiger partial charge in [-0.15, -0.1) is 0 Å². The minimum atomic E-state index is -1.36. The van der Waals surface area contributed by atoms with E-state index in [-0.39, 0.29) is 0 Å². The van der Waals surface area contributed by atoms with Crippen LogP contribution in [-0.4, -0.2) is 77.7 Å². The average Bonchev–Trinajstić information content (AvgIpc) is 2.84. The lowest BCUT2D eigenvalue weighted by Crippen LogP contribution is -2.70. The molecule has 12 heteroatoms. The first-order valence-corrected chi connectivity index (χ1v) is 8.31. The number of hydrogen-bond acceptors (Lipinski definition) is 10. The van der Waals surface area contributed by atoms with Crippen LogP contribution in [0.25, 0.3) is 0 Å². The summed E-state index contributed by atoms with van der Waals surface area (Å²) in [5, 5.41) is 2.34. The fraction of sp³-hybridized carbons (Fsp3) is 0.625. The molecule has 2 heterocycles. The standard InChI is InChI=1S/C16H20N2O10/c1-6(19)25-5-10-11(26-7(2)20)12(27-8(3)21)13(28-9(4)22)14-17-15(23)16(24)18(10)14/h10-14H,5H2,1-4H3,(H,17,23)/t10-,11-,12+,13+,14?/m1/s1. The van der Waals surface area contributed by atoms with Crippen LogP contribution in [0.15, 0.2) is 0 Å². The van der Waals surface area contributed by atoms with Gasteiger partial charge >= 0.3 is 35.7 Å². The Morgan fingerprint density at radius 3 is 1.82 bits per heavy atom. The molecule has 2 aliphatic rings. The maximum Gasteiger partial charge on any atom is 0.314 e. The van der Waals surface area contributed by atoms with Gasteiger partial charge in [0.2, 0.25) is 0 Å². The summed E-state index contributed by atoms with van der Waals surface area (Å²) in [5.74, 6) is -5.04. The average molecular weight is 400 g/mol. The van der Waals surface area contributed by atoms with E-state index in [1.54, 1.807) is 0 Å². The Hall–Kier alpha value is -3.18. The smallest absolute Gasteiger partial charge is 0.314 e. The molecule has 0 saturated carbocycles. The van der Waals surface area contributed by atoms with Crippen molar-refractivity contribution >= 4 is 35.7 Å². The summed E-state index contributed by atoms with van der Waals surface area (Å²) in [6.07, 6.45) is -5.29. The lowest BCUT2D eigenvalue weighted by Gasteiger charge is -2.47. The number of esters is 4. The van der Waals surface area contributed by atoms with Gasteiger partial charge in [0.25, 0.3) is 0 Å². The summed E-state index contributed by atoms with van der Waals surface area (Å²) >= 11 is 0. The molecule has 0 aromatic carbocycles. The molecule has 0 aromatic rings. The summed E-state index contributed by atoms with van der Waals surface area (Å²) in [6.45, 7) is 3.92. The van der Waals surface area contributed by atoms with E-state index in [4.69, 9.17) is 18.9 Å². The van der Waals surface area contributed by atoms with Crippen LogP contribution in [0, 0.1) is 0 Å². The molecule has 0 spiro atoms. The lowest BCUT2D eigenvalue weighted by atomic mass is 9.91. The van der Waals surface area contributed by atoms with Crippen molar-refractivity contribution in [3.05, 3.63) is 0 Å². The van der Waals surface area contributed by atoms with Crippen LogP contribution < -0.4 is 5.32 Å². The molecule has 2 amide bonds. The molecule has 5 atom stereocenters. The SMILES string of the molecule is CC(=O)OC[C@@H]1[C@@H](OC(C)=O)[C@H](OC(C)=O)[C@H](OC(C)=O)C2NC(=O)C(=O)N21. The highest BCUT2D eigenvalue weighted by Crippen LogP contribution is 2.33. The molecule has 0 radical (unpaired) electrons. The van der Waals surface area contributed by atoms with Crippen molar-refractivity contribution in [2.45, 2.75) is 58.2 Å². The third-order valence-electron chi connectivity index (χ3n) is 4.07. The number of fused-ring (bicyclic) bond motifs is 1. The Labute approximate surface area is 159 Å². The molecule has 2 fully saturated rings. The lowest BCUT2D eigenvalue weighted by molar-refractivity contribution is -0.216. The molecule has 154 valence electrons. The number of carbonyl (C=O) groups excluding carboxylic acids is 6. The number of piperidine rings is 1. The zero-order valence-corrected chi connectivity index (χ0v) is 15.6. The van der Waals surface area contributed by atoms with Gasteiger partial charge in [0.1, 0.15) is 18.8 Å². The largest absolute Gasteiger partial charge is 0.464 e. The molecule has 1 unspecified atom stereocenters. The monoisotopic (exact) mass is 400 g/mol. The van der Waals surface area contributed by atoms with Gasteiger partial charge in [-0.25, -0.2) is 0 Å². The fourth-order valence-electron chi connectivity index (χ4n) is 3.21. The van der Waals surface area contributed by atoms with Gasteiger partial charge < -0.3 is 24.3 Å². The third kappa shape index (κ3) is 4.38. The quantitative estimate of drug-likeness (QED) is 0.311. The van der Waals surface area contributed by atoms with Crippen molar-refractivity contribution in [3.8, 4) is 0 Å². The van der Waals surface area contributed by atoms with E-state index in [0.29, 0.717) is 0 Å². The number of amides is 2. The molecular weight excluding hydrogens is 380 g/mol. The first-order chi connectivity index (χ1) is 13.0. The zero-order chi connectivity index (χ0) is 21.2. The molecule has 0 aliphatic carbocycles. The Kier molecular flexibility index (Phi) is 6.21. The summed E-state index contributed by atoms with van der Waals surface area (Å²) in [5.41, 5.74) is 0. The maximum atomic E-state index is 12.4. The summed E-state index contributed by atoms with van der Waals surface area (Å²) in [7, 11) is 0. The van der Waals surface area contributed by atoms with Gasteiger partial charge in [0, 0.05) is 27.7 Å². The molecule has 2 rings (SSSR count). The van der Waals surface area contributed by atoms with Crippen molar-refractivity contribution in [2.75, 3.05) is 6.61 Å². The van der Waals surface area contributed by atoms with Crippen molar-refractivity contribution in [1.82, 2.24) is 10.2 Å². The van der Waals surface area contributed by atoms with E-state index in [2.05, 4.69) is 5.32 Å². The highest BCUT2D eigenvalue weighted by molar-refractivity contribution is 6.37. The molecule has 0 aromatic heterocycles. The number of hydrogen-bond donors (Lipinski definition) is 1. The molecule has 2 aliphatic heterocycles. The Morgan fingerprint density at radius 2 is 1.32 bits per heavy atom. The van der Waals surface area contributed by atoms with Gasteiger partial charge in [0.05, 0.1) is 0 Å². The van der Waals surface area contributed by atoms with Crippen LogP contribution in [0.2, 0.25) is 0 Å². The molecule has 0 bridgehead atoms.